The molecule has 0 saturated carbocycles. The van der Waals surface area contributed by atoms with Crippen molar-refractivity contribution in [3.63, 3.8) is 0 Å². The summed E-state index contributed by atoms with van der Waals surface area (Å²) in [5.74, 6) is -0.481. The Hall–Kier alpha value is -4.17. The molecule has 1 heterocycles. The summed E-state index contributed by atoms with van der Waals surface area (Å²) in [5, 5.41) is 11.7. The van der Waals surface area contributed by atoms with E-state index in [9.17, 15) is 14.4 Å². The third-order valence-electron chi connectivity index (χ3n) is 6.45. The van der Waals surface area contributed by atoms with Crippen molar-refractivity contribution >= 4 is 17.7 Å². The van der Waals surface area contributed by atoms with Crippen LogP contribution in [0.1, 0.15) is 28.7 Å². The van der Waals surface area contributed by atoms with Crippen LogP contribution < -0.4 is 15.5 Å². The average Bonchev–Trinajstić information content (AvgIpc) is 2.94. The van der Waals surface area contributed by atoms with E-state index in [1.54, 1.807) is 17.0 Å². The van der Waals surface area contributed by atoms with Crippen LogP contribution in [0, 0.1) is 0 Å². The molecule has 3 aromatic rings. The molecule has 0 fully saturated rings. The molecule has 0 aromatic heterocycles. The second kappa shape index (κ2) is 12.7. The van der Waals surface area contributed by atoms with Crippen LogP contribution in [0.2, 0.25) is 0 Å². The zero-order valence-electron chi connectivity index (χ0n) is 20.6. The Morgan fingerprint density at radius 3 is 2.24 bits per heavy atom. The first kappa shape index (κ1) is 25.9. The highest BCUT2D eigenvalue weighted by atomic mass is 16.5. The fraction of sp³-hybridized carbons (Fsp3) is 0.276. The van der Waals surface area contributed by atoms with Gasteiger partial charge in [-0.15, -0.1) is 0 Å². The molecule has 1 atom stereocenters. The van der Waals surface area contributed by atoms with Gasteiger partial charge < -0.3 is 15.0 Å². The van der Waals surface area contributed by atoms with Crippen molar-refractivity contribution in [2.45, 2.75) is 38.3 Å². The molecule has 0 bridgehead atoms. The molecule has 3 aromatic carbocycles. The van der Waals surface area contributed by atoms with Crippen LogP contribution in [0.3, 0.4) is 0 Å². The Labute approximate surface area is 216 Å². The number of carbonyl (C=O) groups is 3. The van der Waals surface area contributed by atoms with Gasteiger partial charge in [0.2, 0.25) is 11.8 Å². The van der Waals surface area contributed by atoms with Gasteiger partial charge in [0.05, 0.1) is 0 Å². The molecule has 192 valence electrons. The summed E-state index contributed by atoms with van der Waals surface area (Å²) in [6.07, 6.45) is 1.98. The van der Waals surface area contributed by atoms with Gasteiger partial charge in [-0.25, -0.2) is 5.48 Å². The van der Waals surface area contributed by atoms with Crippen LogP contribution >= 0.6 is 0 Å². The SMILES string of the molecule is O=C(COc1ccc2c(c1)CN(C(=O)CCc1ccccc1)[C@H](C(=O)NCCc1ccccc1)C2)NO. The first-order valence-electron chi connectivity index (χ1n) is 12.4. The van der Waals surface area contributed by atoms with Crippen LogP contribution in [0.25, 0.3) is 0 Å². The van der Waals surface area contributed by atoms with Crippen molar-refractivity contribution in [2.24, 2.45) is 0 Å². The smallest absolute Gasteiger partial charge is 0.281 e. The zero-order valence-corrected chi connectivity index (χ0v) is 20.6. The molecule has 3 N–H and O–H groups in total. The summed E-state index contributed by atoms with van der Waals surface area (Å²) in [6, 6.07) is 24.5. The fourth-order valence-electron chi connectivity index (χ4n) is 4.46. The predicted octanol–water partition coefficient (Wildman–Crippen LogP) is 2.82. The maximum atomic E-state index is 13.4. The van der Waals surface area contributed by atoms with Gasteiger partial charge in [-0.1, -0.05) is 66.7 Å². The first-order chi connectivity index (χ1) is 18.0. The van der Waals surface area contributed by atoms with E-state index in [1.807, 2.05) is 66.7 Å². The molecule has 8 nitrogen and oxygen atoms in total. The maximum Gasteiger partial charge on any atom is 0.281 e. The van der Waals surface area contributed by atoms with E-state index in [4.69, 9.17) is 9.94 Å². The minimum absolute atomic E-state index is 0.0938. The molecule has 8 heteroatoms. The largest absolute Gasteiger partial charge is 0.484 e. The van der Waals surface area contributed by atoms with Crippen molar-refractivity contribution in [1.29, 1.82) is 0 Å². The lowest BCUT2D eigenvalue weighted by Crippen LogP contribution is -2.52. The van der Waals surface area contributed by atoms with Crippen molar-refractivity contribution in [3.8, 4) is 5.75 Å². The van der Waals surface area contributed by atoms with E-state index in [-0.39, 0.29) is 25.0 Å². The first-order valence-corrected chi connectivity index (χ1v) is 12.4. The number of rotatable bonds is 10. The van der Waals surface area contributed by atoms with Gasteiger partial charge in [0.15, 0.2) is 6.61 Å². The minimum atomic E-state index is -0.664. The molecule has 37 heavy (non-hydrogen) atoms. The quantitative estimate of drug-likeness (QED) is 0.293. The van der Waals surface area contributed by atoms with E-state index < -0.39 is 11.9 Å². The van der Waals surface area contributed by atoms with Gasteiger partial charge >= 0.3 is 0 Å². The number of hydroxylamine groups is 1. The van der Waals surface area contributed by atoms with Crippen molar-refractivity contribution < 1.29 is 24.3 Å². The second-order valence-electron chi connectivity index (χ2n) is 9.01. The minimum Gasteiger partial charge on any atom is -0.484 e. The molecular formula is C29H31N3O5. The number of fused-ring (bicyclic) bond motifs is 1. The van der Waals surface area contributed by atoms with Gasteiger partial charge in [0, 0.05) is 25.9 Å². The van der Waals surface area contributed by atoms with Crippen LogP contribution in [0.4, 0.5) is 0 Å². The van der Waals surface area contributed by atoms with Crippen LogP contribution in [-0.2, 0) is 40.2 Å². The molecule has 0 aliphatic carbocycles. The number of aryl methyl sites for hydroxylation is 1. The number of benzene rings is 3. The third-order valence-corrected chi connectivity index (χ3v) is 6.45. The normalized spacial score (nSPS) is 14.4. The lowest BCUT2D eigenvalue weighted by atomic mass is 9.92. The Balaban J connectivity index is 1.47. The molecule has 0 radical (unpaired) electrons. The van der Waals surface area contributed by atoms with Gasteiger partial charge in [-0.2, -0.15) is 0 Å². The standard InChI is InChI=1S/C29H31N3O5/c33-27(31-36)20-37-25-13-12-23-18-26(29(35)30-16-15-22-9-5-2-6-10-22)32(19-24(23)17-25)28(34)14-11-21-7-3-1-4-8-21/h1-10,12-13,17,26,36H,11,14-16,18-20H2,(H,30,35)(H,31,33)/t26-/m0/s1. The lowest BCUT2D eigenvalue weighted by Gasteiger charge is -2.36. The van der Waals surface area contributed by atoms with Gasteiger partial charge in [0.25, 0.3) is 5.91 Å². The number of hydrogen-bond donors (Lipinski definition) is 3. The van der Waals surface area contributed by atoms with E-state index in [0.717, 1.165) is 22.3 Å². The van der Waals surface area contributed by atoms with Gasteiger partial charge in [-0.05, 0) is 47.2 Å². The molecule has 1 aliphatic heterocycles. The summed E-state index contributed by atoms with van der Waals surface area (Å²) in [7, 11) is 0. The molecule has 0 spiro atoms. The Bertz CT molecular complexity index is 1220. The summed E-state index contributed by atoms with van der Waals surface area (Å²) >= 11 is 0. The number of amides is 3. The number of carbonyl (C=O) groups excluding carboxylic acids is 3. The van der Waals surface area contributed by atoms with Crippen LogP contribution in [0.5, 0.6) is 5.75 Å². The number of hydrogen-bond acceptors (Lipinski definition) is 5. The van der Waals surface area contributed by atoms with Crippen molar-refractivity contribution in [3.05, 3.63) is 101 Å². The Kier molecular flexibility index (Phi) is 8.89. The van der Waals surface area contributed by atoms with E-state index >= 15 is 0 Å². The van der Waals surface area contributed by atoms with E-state index in [0.29, 0.717) is 38.0 Å². The average molecular weight is 502 g/mol. The third kappa shape index (κ3) is 7.17. The Morgan fingerprint density at radius 1 is 0.892 bits per heavy atom. The molecule has 3 amide bonds. The van der Waals surface area contributed by atoms with Gasteiger partial charge in [-0.3, -0.25) is 19.6 Å². The Morgan fingerprint density at radius 2 is 1.57 bits per heavy atom. The topological polar surface area (TPSA) is 108 Å². The zero-order chi connectivity index (χ0) is 26.0. The van der Waals surface area contributed by atoms with Crippen molar-refractivity contribution in [2.75, 3.05) is 13.2 Å². The van der Waals surface area contributed by atoms with E-state index in [2.05, 4.69) is 5.32 Å². The van der Waals surface area contributed by atoms with Crippen LogP contribution in [-0.4, -0.2) is 47.0 Å². The monoisotopic (exact) mass is 501 g/mol. The number of ether oxygens (including phenoxy) is 1. The highest BCUT2D eigenvalue weighted by Crippen LogP contribution is 2.28. The summed E-state index contributed by atoms with van der Waals surface area (Å²) in [4.78, 5) is 39.6. The maximum absolute atomic E-state index is 13.4. The van der Waals surface area contributed by atoms with Crippen molar-refractivity contribution in [1.82, 2.24) is 15.7 Å². The lowest BCUT2D eigenvalue weighted by molar-refractivity contribution is -0.141. The highest BCUT2D eigenvalue weighted by Gasteiger charge is 2.34. The molecule has 0 unspecified atom stereocenters. The predicted molar refractivity (Wildman–Crippen MR) is 138 cm³/mol. The molecule has 0 saturated heterocycles. The summed E-state index contributed by atoms with van der Waals surface area (Å²) in [5.41, 5.74) is 5.55. The van der Waals surface area contributed by atoms with Gasteiger partial charge in [0.1, 0.15) is 11.8 Å². The number of nitrogens with zero attached hydrogens (tertiary/aromatic N) is 1. The summed E-state index contributed by atoms with van der Waals surface area (Å²) < 4.78 is 5.44. The number of nitrogens with one attached hydrogen (secondary N) is 2. The second-order valence-corrected chi connectivity index (χ2v) is 9.01. The van der Waals surface area contributed by atoms with Crippen LogP contribution in [0.15, 0.2) is 78.9 Å². The molecular weight excluding hydrogens is 470 g/mol. The van der Waals surface area contributed by atoms with E-state index in [1.165, 1.54) is 5.48 Å². The molecule has 1 aliphatic rings. The summed E-state index contributed by atoms with van der Waals surface area (Å²) in [6.45, 7) is 0.419. The highest BCUT2D eigenvalue weighted by molar-refractivity contribution is 5.88. The molecule has 4 rings (SSSR count). The fourth-order valence-corrected chi connectivity index (χ4v) is 4.46.